The van der Waals surface area contributed by atoms with Crippen LogP contribution in [0, 0.1) is 11.3 Å². The number of hydrogen-bond donors (Lipinski definition) is 1. The second-order valence-electron chi connectivity index (χ2n) is 4.73. The van der Waals surface area contributed by atoms with Crippen LogP contribution in [0.4, 0.5) is 5.69 Å². The van der Waals surface area contributed by atoms with Gasteiger partial charge in [0.1, 0.15) is 6.07 Å². The molecule has 0 unspecified atom stereocenters. The molecule has 0 saturated carbocycles. The Labute approximate surface area is 139 Å². The maximum atomic E-state index is 12.2. The molecular weight excluding hydrogens is 316 g/mol. The van der Waals surface area contributed by atoms with E-state index in [0.29, 0.717) is 16.3 Å². The summed E-state index contributed by atoms with van der Waals surface area (Å²) in [7, 11) is 0. The Morgan fingerprint density at radius 2 is 1.95 bits per heavy atom. The summed E-state index contributed by atoms with van der Waals surface area (Å²) in [5.41, 5.74) is 2.13. The number of carbonyl (C=O) groups excluding carboxylic acids is 1. The van der Waals surface area contributed by atoms with E-state index in [1.165, 1.54) is 11.8 Å². The van der Waals surface area contributed by atoms with Gasteiger partial charge >= 0.3 is 0 Å². The number of halogens is 1. The van der Waals surface area contributed by atoms with E-state index in [1.54, 1.807) is 24.3 Å². The van der Waals surface area contributed by atoms with Crippen LogP contribution in [-0.4, -0.2) is 11.2 Å². The minimum atomic E-state index is -0.220. The van der Waals surface area contributed by atoms with E-state index in [4.69, 9.17) is 16.9 Å². The van der Waals surface area contributed by atoms with Crippen molar-refractivity contribution in [2.45, 2.75) is 17.9 Å². The summed E-state index contributed by atoms with van der Waals surface area (Å²) in [5, 5.41) is 12.3. The summed E-state index contributed by atoms with van der Waals surface area (Å²) >= 11 is 7.38. The highest BCUT2D eigenvalue weighted by molar-refractivity contribution is 7.99. The molecular formula is C17H15ClN2OS. The number of para-hydroxylation sites is 1. The number of anilines is 1. The van der Waals surface area contributed by atoms with Gasteiger partial charge in [-0.15, -0.1) is 11.8 Å². The summed E-state index contributed by atoms with van der Waals surface area (Å²) in [6.45, 7) is 1.85. The number of thioether (sulfide) groups is 1. The summed E-state index contributed by atoms with van der Waals surface area (Å²) in [5.74, 6) is 0.618. The zero-order valence-corrected chi connectivity index (χ0v) is 13.6. The van der Waals surface area contributed by atoms with Crippen molar-refractivity contribution in [3.63, 3.8) is 0 Å². The van der Waals surface area contributed by atoms with Gasteiger partial charge in [0.25, 0.3) is 0 Å². The Bertz CT molecular complexity index is 695. The van der Waals surface area contributed by atoms with Crippen LogP contribution in [0.25, 0.3) is 0 Å². The topological polar surface area (TPSA) is 52.9 Å². The van der Waals surface area contributed by atoms with Crippen molar-refractivity contribution >= 4 is 35.0 Å². The third-order valence-electron chi connectivity index (χ3n) is 3.09. The van der Waals surface area contributed by atoms with Crippen LogP contribution in [0.2, 0.25) is 5.02 Å². The molecule has 0 radical (unpaired) electrons. The van der Waals surface area contributed by atoms with E-state index in [2.05, 4.69) is 11.4 Å². The van der Waals surface area contributed by atoms with Gasteiger partial charge in [-0.05, 0) is 36.8 Å². The minimum absolute atomic E-state index is 0.110. The smallest absolute Gasteiger partial charge is 0.237 e. The Morgan fingerprint density at radius 3 is 2.64 bits per heavy atom. The lowest BCUT2D eigenvalue weighted by Gasteiger charge is -2.13. The number of nitrogens with zero attached hydrogens (tertiary/aromatic N) is 1. The number of carbonyl (C=O) groups is 1. The fourth-order valence-corrected chi connectivity index (χ4v) is 2.77. The molecule has 112 valence electrons. The molecule has 2 aromatic carbocycles. The van der Waals surface area contributed by atoms with Gasteiger partial charge in [-0.25, -0.2) is 0 Å². The molecule has 0 spiro atoms. The van der Waals surface area contributed by atoms with E-state index in [0.717, 1.165) is 11.3 Å². The molecule has 0 heterocycles. The van der Waals surface area contributed by atoms with Crippen molar-refractivity contribution in [2.24, 2.45) is 0 Å². The monoisotopic (exact) mass is 330 g/mol. The average molecular weight is 331 g/mol. The van der Waals surface area contributed by atoms with Gasteiger partial charge in [0, 0.05) is 10.8 Å². The van der Waals surface area contributed by atoms with Crippen molar-refractivity contribution in [2.75, 3.05) is 5.32 Å². The SMILES string of the molecule is C[C@@H](SCc1ccc(Cl)cc1)C(=O)Nc1ccccc1C#N. The maximum absolute atomic E-state index is 12.2. The van der Waals surface area contributed by atoms with Crippen LogP contribution in [-0.2, 0) is 10.5 Å². The van der Waals surface area contributed by atoms with Gasteiger partial charge < -0.3 is 5.32 Å². The quantitative estimate of drug-likeness (QED) is 0.879. The largest absolute Gasteiger partial charge is 0.324 e. The zero-order chi connectivity index (χ0) is 15.9. The zero-order valence-electron chi connectivity index (χ0n) is 12.0. The van der Waals surface area contributed by atoms with Gasteiger partial charge in [-0.1, -0.05) is 35.9 Å². The van der Waals surface area contributed by atoms with Crippen LogP contribution in [0.3, 0.4) is 0 Å². The summed E-state index contributed by atoms with van der Waals surface area (Å²) in [6, 6.07) is 16.6. The number of nitrogens with one attached hydrogen (secondary N) is 1. The molecule has 2 rings (SSSR count). The van der Waals surface area contributed by atoms with Crippen molar-refractivity contribution in [3.8, 4) is 6.07 Å². The number of benzene rings is 2. The van der Waals surface area contributed by atoms with Crippen molar-refractivity contribution < 1.29 is 4.79 Å². The Balaban J connectivity index is 1.92. The highest BCUT2D eigenvalue weighted by Crippen LogP contribution is 2.21. The molecule has 1 N–H and O–H groups in total. The minimum Gasteiger partial charge on any atom is -0.324 e. The van der Waals surface area contributed by atoms with Crippen molar-refractivity contribution in [1.29, 1.82) is 5.26 Å². The molecule has 0 bridgehead atoms. The molecule has 22 heavy (non-hydrogen) atoms. The van der Waals surface area contributed by atoms with Gasteiger partial charge in [-0.3, -0.25) is 4.79 Å². The predicted molar refractivity (Wildman–Crippen MR) is 92.0 cm³/mol. The lowest BCUT2D eigenvalue weighted by atomic mass is 10.2. The first kappa shape index (κ1) is 16.4. The van der Waals surface area contributed by atoms with Crippen molar-refractivity contribution in [1.82, 2.24) is 0 Å². The number of hydrogen-bond acceptors (Lipinski definition) is 3. The molecule has 0 aromatic heterocycles. The van der Waals surface area contributed by atoms with E-state index >= 15 is 0 Å². The molecule has 0 aliphatic heterocycles. The molecule has 2 aromatic rings. The normalized spacial score (nSPS) is 11.5. The fourth-order valence-electron chi connectivity index (χ4n) is 1.80. The molecule has 5 heteroatoms. The van der Waals surface area contributed by atoms with Gasteiger partial charge in [0.15, 0.2) is 0 Å². The molecule has 0 aliphatic rings. The van der Waals surface area contributed by atoms with Crippen LogP contribution in [0.5, 0.6) is 0 Å². The van der Waals surface area contributed by atoms with Crippen LogP contribution in [0.1, 0.15) is 18.1 Å². The lowest BCUT2D eigenvalue weighted by molar-refractivity contribution is -0.115. The Hall–Kier alpha value is -1.96. The third-order valence-corrected chi connectivity index (χ3v) is 4.55. The van der Waals surface area contributed by atoms with Gasteiger partial charge in [0.2, 0.25) is 5.91 Å². The molecule has 0 fully saturated rings. The maximum Gasteiger partial charge on any atom is 0.237 e. The second kappa shape index (κ2) is 7.88. The molecule has 0 saturated heterocycles. The first-order chi connectivity index (χ1) is 10.6. The van der Waals surface area contributed by atoms with E-state index in [-0.39, 0.29) is 11.2 Å². The van der Waals surface area contributed by atoms with E-state index < -0.39 is 0 Å². The first-order valence-corrected chi connectivity index (χ1v) is 8.19. The number of amides is 1. The fraction of sp³-hybridized carbons (Fsp3) is 0.176. The summed E-state index contributed by atoms with van der Waals surface area (Å²) < 4.78 is 0. The Kier molecular flexibility index (Phi) is 5.88. The standard InChI is InChI=1S/C17H15ClN2OS/c1-12(22-11-13-6-8-15(18)9-7-13)17(21)20-16-5-3-2-4-14(16)10-19/h2-9,12H,11H2,1H3,(H,20,21)/t12-/m1/s1. The summed E-state index contributed by atoms with van der Waals surface area (Å²) in [6.07, 6.45) is 0. The highest BCUT2D eigenvalue weighted by atomic mass is 35.5. The second-order valence-corrected chi connectivity index (χ2v) is 6.49. The molecule has 3 nitrogen and oxygen atoms in total. The lowest BCUT2D eigenvalue weighted by Crippen LogP contribution is -2.23. The Morgan fingerprint density at radius 1 is 1.27 bits per heavy atom. The van der Waals surface area contributed by atoms with Crippen LogP contribution >= 0.6 is 23.4 Å². The molecule has 0 aliphatic carbocycles. The molecule has 1 amide bonds. The van der Waals surface area contributed by atoms with Gasteiger partial charge in [-0.2, -0.15) is 5.26 Å². The predicted octanol–water partition coefficient (Wildman–Crippen LogP) is 4.47. The first-order valence-electron chi connectivity index (χ1n) is 6.76. The van der Waals surface area contributed by atoms with E-state index in [9.17, 15) is 4.79 Å². The van der Waals surface area contributed by atoms with E-state index in [1.807, 2.05) is 31.2 Å². The molecule has 1 atom stereocenters. The summed E-state index contributed by atoms with van der Waals surface area (Å²) in [4.78, 5) is 12.2. The van der Waals surface area contributed by atoms with Crippen molar-refractivity contribution in [3.05, 3.63) is 64.7 Å². The third kappa shape index (κ3) is 4.52. The number of nitriles is 1. The van der Waals surface area contributed by atoms with Gasteiger partial charge in [0.05, 0.1) is 16.5 Å². The highest BCUT2D eigenvalue weighted by Gasteiger charge is 2.15. The van der Waals surface area contributed by atoms with Crippen LogP contribution < -0.4 is 5.32 Å². The number of rotatable bonds is 5. The average Bonchev–Trinajstić information content (AvgIpc) is 2.54. The van der Waals surface area contributed by atoms with Crippen LogP contribution in [0.15, 0.2) is 48.5 Å².